The number of unbranched alkanes of at least 4 members (excludes halogenated alkanes) is 2. The Balaban J connectivity index is 0.000000233. The monoisotopic (exact) mass is 723 g/mol. The maximum absolute atomic E-state index is 12.9. The maximum Gasteiger partial charge on any atom is 0.248 e. The van der Waals surface area contributed by atoms with E-state index in [9.17, 15) is 15.2 Å². The highest BCUT2D eigenvalue weighted by Crippen LogP contribution is 2.44. The smallest absolute Gasteiger partial charge is 0.248 e. The van der Waals surface area contributed by atoms with Crippen LogP contribution in [0.1, 0.15) is 56.2 Å². The Bertz CT molecular complexity index is 1660. The number of nitriles is 1. The van der Waals surface area contributed by atoms with Crippen LogP contribution in [0.2, 0.25) is 0 Å². The molecule has 0 aliphatic carbocycles. The lowest BCUT2D eigenvalue weighted by Crippen LogP contribution is -2.47. The zero-order valence-electron chi connectivity index (χ0n) is 31.1. The van der Waals surface area contributed by atoms with E-state index < -0.39 is 0 Å². The number of hydrogen-bond donors (Lipinski definition) is 3. The summed E-state index contributed by atoms with van der Waals surface area (Å²) >= 11 is 1.76. The largest absolute Gasteiger partial charge is 0.392 e. The number of carbonyl (C=O) groups excluding carboxylic acids is 1. The first-order valence-corrected chi connectivity index (χ1v) is 19.7. The minimum atomic E-state index is -0.234. The average molecular weight is 724 g/mol. The lowest BCUT2D eigenvalue weighted by atomic mass is 9.97. The summed E-state index contributed by atoms with van der Waals surface area (Å²) in [5, 5.41) is 21.7. The van der Waals surface area contributed by atoms with Crippen LogP contribution in [0.15, 0.2) is 83.3 Å². The summed E-state index contributed by atoms with van der Waals surface area (Å²) in [6, 6.07) is 26.6. The van der Waals surface area contributed by atoms with Crippen molar-refractivity contribution < 1.29 is 9.90 Å². The highest BCUT2D eigenvalue weighted by Gasteiger charge is 2.33. The molecule has 0 aromatic heterocycles. The number of hydrogen-bond acceptors (Lipinski definition) is 9. The third kappa shape index (κ3) is 11.1. The molecule has 3 heterocycles. The molecule has 4 N–H and O–H groups in total. The van der Waals surface area contributed by atoms with E-state index in [2.05, 4.69) is 69.1 Å². The zero-order valence-corrected chi connectivity index (χ0v) is 31.9. The lowest BCUT2D eigenvalue weighted by Gasteiger charge is -2.36. The molecule has 0 radical (unpaired) electrons. The molecule has 3 aromatic carbocycles. The van der Waals surface area contributed by atoms with Crippen LogP contribution in [0.25, 0.3) is 6.08 Å². The van der Waals surface area contributed by atoms with E-state index in [0.29, 0.717) is 6.54 Å². The van der Waals surface area contributed by atoms with Crippen molar-refractivity contribution in [1.29, 1.82) is 5.26 Å². The topological polar surface area (TPSA) is 112 Å². The highest BCUT2D eigenvalue weighted by atomic mass is 32.2. The fraction of sp³-hybridized carbons (Fsp3) is 0.476. The fourth-order valence-electron chi connectivity index (χ4n) is 7.07. The number of carbonyl (C=O) groups is 1. The number of anilines is 2. The van der Waals surface area contributed by atoms with Crippen LogP contribution in [-0.4, -0.2) is 104 Å². The summed E-state index contributed by atoms with van der Waals surface area (Å²) in [5.41, 5.74) is 11.5. The second kappa shape index (κ2) is 19.8. The van der Waals surface area contributed by atoms with Crippen LogP contribution >= 0.6 is 11.8 Å². The Kier molecular flexibility index (Phi) is 15.0. The lowest BCUT2D eigenvalue weighted by molar-refractivity contribution is -0.117. The SMILES string of the molecule is CC1(C)Sc2ccccc2C=C1C(=O)NCCCCN1CCN(c2ccccc2C#N)CC1.NCCCCN1CCN(c2cccc(CO)c2)CC1. The second-order valence-corrected chi connectivity index (χ2v) is 15.9. The standard InChI is InChI=1S/C27H32N4OS.C15H25N3O/c1-27(2)23(19-21-9-4-6-12-25(21)33-27)26(32)29-13-7-8-14-30-15-17-31(18-16-30)24-11-5-3-10-22(24)20-28;16-6-1-2-7-17-8-10-18(11-9-17)15-5-3-4-14(12-15)13-19/h3-6,9-12,19H,7-8,13-18H2,1-2H3,(H,29,32);3-5,12,19H,1-2,6-11,13,16H2. The molecule has 2 fully saturated rings. The number of aliphatic hydroxyl groups excluding tert-OH is 1. The van der Waals surface area contributed by atoms with Gasteiger partial charge in [0.25, 0.3) is 0 Å². The summed E-state index contributed by atoms with van der Waals surface area (Å²) < 4.78 is -0.234. The quantitative estimate of drug-likeness (QED) is 0.195. The zero-order chi connectivity index (χ0) is 36.8. The number of nitrogens with zero attached hydrogens (tertiary/aromatic N) is 5. The van der Waals surface area contributed by atoms with Gasteiger partial charge < -0.3 is 26.0 Å². The highest BCUT2D eigenvalue weighted by molar-refractivity contribution is 8.01. The van der Waals surface area contributed by atoms with E-state index in [1.165, 1.54) is 23.5 Å². The van der Waals surface area contributed by atoms with Crippen molar-refractivity contribution >= 4 is 35.1 Å². The molecule has 52 heavy (non-hydrogen) atoms. The molecule has 3 aromatic rings. The molecule has 278 valence electrons. The molecule has 2 saturated heterocycles. The first-order valence-electron chi connectivity index (χ1n) is 18.9. The van der Waals surface area contributed by atoms with Crippen molar-refractivity contribution in [2.75, 3.05) is 88.3 Å². The van der Waals surface area contributed by atoms with Gasteiger partial charge in [0.1, 0.15) is 6.07 Å². The van der Waals surface area contributed by atoms with Gasteiger partial charge in [0.05, 0.1) is 17.9 Å². The molecule has 1 amide bonds. The minimum absolute atomic E-state index is 0.0479. The molecule has 0 saturated carbocycles. The average Bonchev–Trinajstić information content (AvgIpc) is 3.18. The van der Waals surface area contributed by atoms with Gasteiger partial charge in [-0.25, -0.2) is 0 Å². The van der Waals surface area contributed by atoms with Crippen molar-refractivity contribution in [2.24, 2.45) is 5.73 Å². The predicted octanol–water partition coefficient (Wildman–Crippen LogP) is 5.58. The predicted molar refractivity (Wildman–Crippen MR) is 216 cm³/mol. The van der Waals surface area contributed by atoms with Gasteiger partial charge in [-0.3, -0.25) is 14.6 Å². The Hall–Kier alpha value is -3.85. The van der Waals surface area contributed by atoms with Crippen LogP contribution < -0.4 is 20.9 Å². The summed E-state index contributed by atoms with van der Waals surface area (Å²) in [5.74, 6) is 0.0479. The first kappa shape index (κ1) is 39.4. The molecule has 6 rings (SSSR count). The molecule has 0 atom stereocenters. The van der Waals surface area contributed by atoms with Crippen LogP contribution in [0.5, 0.6) is 0 Å². The Morgan fingerprint density at radius 3 is 2.19 bits per heavy atom. The van der Waals surface area contributed by atoms with E-state index in [0.717, 1.165) is 113 Å². The molecule has 3 aliphatic heterocycles. The molecule has 0 bridgehead atoms. The van der Waals surface area contributed by atoms with Gasteiger partial charge >= 0.3 is 0 Å². The molecule has 3 aliphatic rings. The first-order chi connectivity index (χ1) is 25.3. The van der Waals surface area contributed by atoms with E-state index in [1.807, 2.05) is 54.6 Å². The van der Waals surface area contributed by atoms with Crippen LogP contribution in [0.4, 0.5) is 11.4 Å². The number of para-hydroxylation sites is 1. The Morgan fingerprint density at radius 2 is 1.50 bits per heavy atom. The second-order valence-electron chi connectivity index (χ2n) is 14.3. The van der Waals surface area contributed by atoms with Crippen molar-refractivity contribution in [1.82, 2.24) is 15.1 Å². The van der Waals surface area contributed by atoms with Crippen molar-refractivity contribution in [3.63, 3.8) is 0 Å². The summed E-state index contributed by atoms with van der Waals surface area (Å²) in [4.78, 5) is 23.8. The maximum atomic E-state index is 12.9. The minimum Gasteiger partial charge on any atom is -0.392 e. The third-order valence-corrected chi connectivity index (χ3v) is 11.5. The van der Waals surface area contributed by atoms with Crippen LogP contribution in [0.3, 0.4) is 0 Å². The normalized spacial score (nSPS) is 17.3. The number of benzene rings is 3. The third-order valence-electron chi connectivity index (χ3n) is 10.2. The van der Waals surface area contributed by atoms with Gasteiger partial charge in [0, 0.05) is 79.8 Å². The molecule has 9 nitrogen and oxygen atoms in total. The van der Waals surface area contributed by atoms with Gasteiger partial charge in [-0.1, -0.05) is 42.5 Å². The van der Waals surface area contributed by atoms with E-state index in [-0.39, 0.29) is 17.3 Å². The summed E-state index contributed by atoms with van der Waals surface area (Å²) in [7, 11) is 0. The number of aliphatic hydroxyl groups is 1. The molecule has 10 heteroatoms. The number of thioether (sulfide) groups is 1. The summed E-state index contributed by atoms with van der Waals surface area (Å²) in [6.07, 6.45) is 6.41. The van der Waals surface area contributed by atoms with Crippen molar-refractivity contribution in [3.8, 4) is 6.07 Å². The van der Waals surface area contributed by atoms with Crippen molar-refractivity contribution in [2.45, 2.75) is 55.8 Å². The van der Waals surface area contributed by atoms with Gasteiger partial charge in [-0.15, -0.1) is 11.8 Å². The van der Waals surface area contributed by atoms with E-state index >= 15 is 0 Å². The Labute approximate surface area is 315 Å². The molecular weight excluding hydrogens is 667 g/mol. The number of amides is 1. The van der Waals surface area contributed by atoms with E-state index in [4.69, 9.17) is 5.73 Å². The Morgan fingerprint density at radius 1 is 0.846 bits per heavy atom. The van der Waals surface area contributed by atoms with E-state index in [1.54, 1.807) is 11.8 Å². The fourth-order valence-corrected chi connectivity index (χ4v) is 8.27. The molecular formula is C42H57N7O2S. The van der Waals surface area contributed by atoms with Gasteiger partial charge in [-0.05, 0) is 107 Å². The van der Waals surface area contributed by atoms with Crippen LogP contribution in [0, 0.1) is 11.3 Å². The van der Waals surface area contributed by atoms with Crippen LogP contribution in [-0.2, 0) is 11.4 Å². The molecule has 0 spiro atoms. The van der Waals surface area contributed by atoms with Gasteiger partial charge in [0.15, 0.2) is 0 Å². The number of nitrogens with one attached hydrogen (secondary N) is 1. The van der Waals surface area contributed by atoms with Gasteiger partial charge in [0.2, 0.25) is 5.91 Å². The number of rotatable bonds is 13. The summed E-state index contributed by atoms with van der Waals surface area (Å²) in [6.45, 7) is 16.3. The molecule has 0 unspecified atom stereocenters. The van der Waals surface area contributed by atoms with Gasteiger partial charge in [-0.2, -0.15) is 5.26 Å². The number of piperazine rings is 2. The number of nitrogens with two attached hydrogens (primary N) is 1. The number of fused-ring (bicyclic) bond motifs is 1. The van der Waals surface area contributed by atoms with Crippen molar-refractivity contribution in [3.05, 3.63) is 95.1 Å².